The molecule has 1 spiro atoms. The quantitative estimate of drug-likeness (QED) is 0.502. The summed E-state index contributed by atoms with van der Waals surface area (Å²) in [6, 6.07) is 14.8. The molecule has 2 atom stereocenters. The van der Waals surface area contributed by atoms with Crippen molar-refractivity contribution in [1.82, 2.24) is 10.2 Å². The van der Waals surface area contributed by atoms with Crippen molar-refractivity contribution in [2.24, 2.45) is 16.3 Å². The third kappa shape index (κ3) is 5.83. The molecule has 1 fully saturated rings. The van der Waals surface area contributed by atoms with Gasteiger partial charge in [-0.3, -0.25) is 19.4 Å². The van der Waals surface area contributed by atoms with Gasteiger partial charge in [-0.05, 0) is 66.9 Å². The molecule has 0 aromatic heterocycles. The smallest absolute Gasteiger partial charge is 0.305 e. The molecule has 7 nitrogen and oxygen atoms in total. The first kappa shape index (κ1) is 28.0. The highest BCUT2D eigenvalue weighted by molar-refractivity contribution is 7.27. The number of aliphatic imine (C=N–C) groups is 1. The molecule has 4 rings (SSSR count). The molecular weight excluding hydrogens is 497 g/mol. The van der Waals surface area contributed by atoms with Crippen molar-refractivity contribution in [3.05, 3.63) is 65.2 Å². The highest BCUT2D eigenvalue weighted by Gasteiger charge is 2.51. The molecule has 2 aromatic rings. The number of nitrogens with one attached hydrogen (secondary N) is 1. The Morgan fingerprint density at radius 3 is 2.26 bits per heavy atom. The van der Waals surface area contributed by atoms with Gasteiger partial charge >= 0.3 is 5.97 Å². The van der Waals surface area contributed by atoms with E-state index in [9.17, 15) is 14.4 Å². The monoisotopic (exact) mass is 535 g/mol. The molecule has 2 unspecified atom stereocenters. The lowest BCUT2D eigenvalue weighted by molar-refractivity contribution is -0.137. The number of rotatable bonds is 7. The molecule has 1 aliphatic heterocycles. The van der Waals surface area contributed by atoms with Crippen molar-refractivity contribution >= 4 is 38.0 Å². The summed E-state index contributed by atoms with van der Waals surface area (Å²) in [5, 5.41) is 12.5. The van der Waals surface area contributed by atoms with Gasteiger partial charge in [0.2, 0.25) is 0 Å². The Hall–Kier alpha value is -3.05. The first-order valence-corrected chi connectivity index (χ1v) is 13.9. The van der Waals surface area contributed by atoms with E-state index in [0.717, 1.165) is 42.1 Å². The molecule has 2 amide bonds. The lowest BCUT2D eigenvalue weighted by Crippen LogP contribution is -2.50. The number of carboxylic acids is 1. The molecule has 1 aliphatic carbocycles. The molecule has 0 saturated heterocycles. The molecule has 0 bridgehead atoms. The number of amides is 2. The molecule has 38 heavy (non-hydrogen) atoms. The Kier molecular flexibility index (Phi) is 8.08. The molecule has 1 saturated carbocycles. The Morgan fingerprint density at radius 1 is 1.11 bits per heavy atom. The zero-order valence-corrected chi connectivity index (χ0v) is 23.8. The zero-order chi connectivity index (χ0) is 27.7. The SMILES string of the molecule is CC(c1ccc(C(=O)NCCC(=O)O)cc1)N1C(=O)C(c2ccc(P)cc2)=NC12CCC(C(C)(C)C)CC2. The predicted octanol–water partition coefficient (Wildman–Crippen LogP) is 4.72. The summed E-state index contributed by atoms with van der Waals surface area (Å²) in [4.78, 5) is 44.2. The van der Waals surface area contributed by atoms with E-state index in [1.165, 1.54) is 0 Å². The summed E-state index contributed by atoms with van der Waals surface area (Å²) >= 11 is 0. The van der Waals surface area contributed by atoms with Crippen LogP contribution in [0.25, 0.3) is 0 Å². The number of carbonyl (C=O) groups excluding carboxylic acids is 2. The summed E-state index contributed by atoms with van der Waals surface area (Å²) in [6.45, 7) is 8.96. The Bertz CT molecular complexity index is 1220. The van der Waals surface area contributed by atoms with Crippen LogP contribution in [0.5, 0.6) is 0 Å². The minimum absolute atomic E-state index is 0.0568. The van der Waals surface area contributed by atoms with Crippen molar-refractivity contribution in [2.45, 2.75) is 71.5 Å². The fourth-order valence-corrected chi connectivity index (χ4v) is 5.92. The average Bonchev–Trinajstić information content (AvgIpc) is 3.14. The Balaban J connectivity index is 1.60. The van der Waals surface area contributed by atoms with E-state index in [1.807, 2.05) is 48.2 Å². The second-order valence-corrected chi connectivity index (χ2v) is 12.2. The fraction of sp³-hybridized carbons (Fsp3) is 0.467. The minimum Gasteiger partial charge on any atom is -0.481 e. The van der Waals surface area contributed by atoms with Gasteiger partial charge in [-0.1, -0.05) is 57.2 Å². The predicted molar refractivity (Wildman–Crippen MR) is 153 cm³/mol. The molecule has 8 heteroatoms. The maximum absolute atomic E-state index is 14.0. The van der Waals surface area contributed by atoms with Gasteiger partial charge < -0.3 is 15.3 Å². The number of hydrogen-bond acceptors (Lipinski definition) is 4. The van der Waals surface area contributed by atoms with Crippen LogP contribution in [0, 0.1) is 11.3 Å². The number of benzene rings is 2. The first-order chi connectivity index (χ1) is 17.9. The van der Waals surface area contributed by atoms with Gasteiger partial charge in [0.05, 0.1) is 12.5 Å². The minimum atomic E-state index is -0.957. The van der Waals surface area contributed by atoms with Crippen LogP contribution in [0.3, 0.4) is 0 Å². The van der Waals surface area contributed by atoms with E-state index in [-0.39, 0.29) is 36.2 Å². The summed E-state index contributed by atoms with van der Waals surface area (Å²) in [6.07, 6.45) is 3.53. The lowest BCUT2D eigenvalue weighted by Gasteiger charge is -2.46. The van der Waals surface area contributed by atoms with Crippen LogP contribution >= 0.6 is 9.24 Å². The van der Waals surface area contributed by atoms with Crippen molar-refractivity contribution in [3.63, 3.8) is 0 Å². The van der Waals surface area contributed by atoms with Crippen LogP contribution in [0.4, 0.5) is 0 Å². The highest BCUT2D eigenvalue weighted by Crippen LogP contribution is 2.49. The van der Waals surface area contributed by atoms with Crippen LogP contribution in [0.2, 0.25) is 0 Å². The maximum Gasteiger partial charge on any atom is 0.305 e. The average molecular weight is 536 g/mol. The Labute approximate surface area is 227 Å². The van der Waals surface area contributed by atoms with Crippen molar-refractivity contribution in [2.75, 3.05) is 6.54 Å². The van der Waals surface area contributed by atoms with Crippen LogP contribution in [-0.4, -0.2) is 45.7 Å². The van der Waals surface area contributed by atoms with Crippen LogP contribution < -0.4 is 10.6 Å². The maximum atomic E-state index is 14.0. The van der Waals surface area contributed by atoms with E-state index in [2.05, 4.69) is 35.3 Å². The fourth-order valence-electron chi connectivity index (χ4n) is 5.72. The second-order valence-electron chi connectivity index (χ2n) is 11.6. The third-order valence-corrected chi connectivity index (χ3v) is 8.44. The van der Waals surface area contributed by atoms with E-state index < -0.39 is 11.6 Å². The number of aliphatic carboxylic acids is 1. The number of hydrogen-bond donors (Lipinski definition) is 2. The number of nitrogens with zero attached hydrogens (tertiary/aromatic N) is 2. The second kappa shape index (κ2) is 11.0. The van der Waals surface area contributed by atoms with Gasteiger partial charge in [0.1, 0.15) is 11.4 Å². The molecular formula is C30H38N3O4P. The van der Waals surface area contributed by atoms with Crippen molar-refractivity contribution in [1.29, 1.82) is 0 Å². The van der Waals surface area contributed by atoms with Crippen molar-refractivity contribution < 1.29 is 19.5 Å². The molecule has 1 heterocycles. The Morgan fingerprint density at radius 2 is 1.71 bits per heavy atom. The number of carboxylic acid groups (broad SMARTS) is 1. The first-order valence-electron chi connectivity index (χ1n) is 13.3. The van der Waals surface area contributed by atoms with Gasteiger partial charge in [0, 0.05) is 17.7 Å². The van der Waals surface area contributed by atoms with E-state index in [0.29, 0.717) is 17.2 Å². The summed E-state index contributed by atoms with van der Waals surface area (Å²) in [7, 11) is 2.67. The van der Waals surface area contributed by atoms with Gasteiger partial charge in [-0.2, -0.15) is 0 Å². The summed E-state index contributed by atoms with van der Waals surface area (Å²) in [5.41, 5.74) is 2.36. The van der Waals surface area contributed by atoms with Crippen LogP contribution in [0.1, 0.15) is 87.3 Å². The van der Waals surface area contributed by atoms with Gasteiger partial charge in [-0.15, -0.1) is 9.24 Å². The summed E-state index contributed by atoms with van der Waals surface area (Å²) < 4.78 is 0. The topological polar surface area (TPSA) is 99.1 Å². The van der Waals surface area contributed by atoms with Gasteiger partial charge in [0.25, 0.3) is 11.8 Å². The van der Waals surface area contributed by atoms with E-state index >= 15 is 0 Å². The molecule has 202 valence electrons. The molecule has 2 aromatic carbocycles. The van der Waals surface area contributed by atoms with Crippen LogP contribution in [-0.2, 0) is 9.59 Å². The molecule has 2 N–H and O–H groups in total. The summed E-state index contributed by atoms with van der Waals surface area (Å²) in [5.74, 6) is -0.752. The number of carbonyl (C=O) groups is 3. The third-order valence-electron chi connectivity index (χ3n) is 8.05. The van der Waals surface area contributed by atoms with Crippen LogP contribution in [0.15, 0.2) is 53.5 Å². The largest absolute Gasteiger partial charge is 0.481 e. The highest BCUT2D eigenvalue weighted by atomic mass is 31.0. The van der Waals surface area contributed by atoms with Crippen molar-refractivity contribution in [3.8, 4) is 0 Å². The van der Waals surface area contributed by atoms with E-state index in [1.54, 1.807) is 12.1 Å². The zero-order valence-electron chi connectivity index (χ0n) is 22.7. The standard InChI is InChI=1S/C30H38N3O4P/c1-19(20-5-7-22(8-6-20)27(36)31-18-15-25(34)35)33-28(37)26(21-9-11-24(38)12-10-21)32-30(33)16-13-23(14-17-30)29(2,3)4/h5-12,19,23H,13-18,38H2,1-4H3,(H,31,36)(H,34,35). The lowest BCUT2D eigenvalue weighted by atomic mass is 9.69. The van der Waals surface area contributed by atoms with E-state index in [4.69, 9.17) is 10.1 Å². The molecule has 0 radical (unpaired) electrons. The molecule has 2 aliphatic rings. The van der Waals surface area contributed by atoms with Gasteiger partial charge in [0.15, 0.2) is 0 Å². The normalized spacial score (nSPS) is 22.3. The van der Waals surface area contributed by atoms with Gasteiger partial charge in [-0.25, -0.2) is 0 Å².